The van der Waals surface area contributed by atoms with Gasteiger partial charge in [-0.1, -0.05) is 103 Å². The minimum Gasteiger partial charge on any atom is -0.481 e. The zero-order chi connectivity index (χ0) is 18.6. The number of hydrogen-bond acceptors (Lipinski definition) is 1. The molecule has 0 fully saturated rings. The Balaban J connectivity index is 1.85. The molecule has 0 heterocycles. The highest BCUT2D eigenvalue weighted by Gasteiger charge is 2.32. The molecule has 0 amide bonds. The predicted octanol–water partition coefficient (Wildman–Crippen LogP) is 5.14. The Morgan fingerprint density at radius 2 is 1.31 bits per heavy atom. The van der Waals surface area contributed by atoms with Gasteiger partial charge >= 0.3 is 5.97 Å². The molecule has 3 heteroatoms. The van der Waals surface area contributed by atoms with Crippen molar-refractivity contribution in [1.82, 2.24) is 0 Å². The second-order valence-corrected chi connectivity index (χ2v) is 12.1. The number of carbonyl (C=O) groups is 1. The van der Waals surface area contributed by atoms with Gasteiger partial charge < -0.3 is 5.11 Å². The maximum absolute atomic E-state index is 12.0. The molecular weight excluding hydrogens is 336 g/mol. The fourth-order valence-electron chi connectivity index (χ4n) is 3.40. The topological polar surface area (TPSA) is 37.3 Å². The van der Waals surface area contributed by atoms with E-state index in [9.17, 15) is 9.90 Å². The van der Waals surface area contributed by atoms with Gasteiger partial charge in [-0.3, -0.25) is 4.79 Å². The second-order valence-electron chi connectivity index (χ2n) is 7.33. The smallest absolute Gasteiger partial charge is 0.310 e. The Morgan fingerprint density at radius 3 is 1.85 bits per heavy atom. The quantitative estimate of drug-likeness (QED) is 0.618. The molecule has 3 aromatic rings. The Kier molecular flexibility index (Phi) is 5.38. The highest BCUT2D eigenvalue weighted by molar-refractivity contribution is 6.90. The van der Waals surface area contributed by atoms with Gasteiger partial charge in [-0.05, 0) is 22.7 Å². The van der Waals surface area contributed by atoms with Crippen LogP contribution in [-0.4, -0.2) is 19.1 Å². The van der Waals surface area contributed by atoms with E-state index in [4.69, 9.17) is 0 Å². The molecule has 0 aliphatic rings. The summed E-state index contributed by atoms with van der Waals surface area (Å²) in [5.41, 5.74) is 3.14. The third kappa shape index (κ3) is 4.11. The van der Waals surface area contributed by atoms with E-state index < -0.39 is 20.0 Å². The van der Waals surface area contributed by atoms with Crippen LogP contribution in [0.4, 0.5) is 0 Å². The Bertz CT molecular complexity index is 856. The third-order valence-corrected chi connectivity index (χ3v) is 8.31. The molecular formula is C23H24O2Si. The second kappa shape index (κ2) is 7.71. The largest absolute Gasteiger partial charge is 0.481 e. The van der Waals surface area contributed by atoms with E-state index in [-0.39, 0.29) is 0 Å². The Morgan fingerprint density at radius 1 is 0.808 bits per heavy atom. The summed E-state index contributed by atoms with van der Waals surface area (Å²) in [5, 5.41) is 11.1. The van der Waals surface area contributed by atoms with Crippen molar-refractivity contribution in [2.24, 2.45) is 0 Å². The zero-order valence-electron chi connectivity index (χ0n) is 15.2. The van der Waals surface area contributed by atoms with E-state index in [1.54, 1.807) is 0 Å². The van der Waals surface area contributed by atoms with Crippen molar-refractivity contribution >= 4 is 19.2 Å². The Hall–Kier alpha value is -2.65. The summed E-state index contributed by atoms with van der Waals surface area (Å²) < 4.78 is 0. The number of hydrogen-bond donors (Lipinski definition) is 1. The third-order valence-electron chi connectivity index (χ3n) is 4.99. The molecule has 132 valence electrons. The molecule has 2 nitrogen and oxygen atoms in total. The van der Waals surface area contributed by atoms with Gasteiger partial charge in [-0.2, -0.15) is 0 Å². The van der Waals surface area contributed by atoms with Crippen molar-refractivity contribution in [3.05, 3.63) is 90.5 Å². The maximum atomic E-state index is 12.0. The number of aliphatic carboxylic acids is 1. The van der Waals surface area contributed by atoms with E-state index >= 15 is 0 Å². The molecule has 0 radical (unpaired) electrons. The number of carboxylic acids is 1. The lowest BCUT2D eigenvalue weighted by Gasteiger charge is -2.27. The summed E-state index contributed by atoms with van der Waals surface area (Å²) in [6, 6.07) is 29.2. The fraction of sp³-hybridized carbons (Fsp3) is 0.174. The van der Waals surface area contributed by atoms with Crippen molar-refractivity contribution in [3.63, 3.8) is 0 Å². The predicted molar refractivity (Wildman–Crippen MR) is 111 cm³/mol. The van der Waals surface area contributed by atoms with Crippen LogP contribution >= 0.6 is 0 Å². The van der Waals surface area contributed by atoms with Crippen molar-refractivity contribution in [2.75, 3.05) is 0 Å². The van der Waals surface area contributed by atoms with Crippen LogP contribution in [-0.2, 0) is 4.79 Å². The molecule has 0 aliphatic heterocycles. The van der Waals surface area contributed by atoms with Crippen LogP contribution < -0.4 is 5.19 Å². The molecule has 3 rings (SSSR count). The van der Waals surface area contributed by atoms with Crippen molar-refractivity contribution in [2.45, 2.75) is 25.1 Å². The lowest BCUT2D eigenvalue weighted by molar-refractivity contribution is -0.138. The molecule has 1 unspecified atom stereocenters. The molecule has 0 spiro atoms. The van der Waals surface area contributed by atoms with Crippen LogP contribution in [0.2, 0.25) is 19.1 Å². The molecule has 0 saturated heterocycles. The molecule has 26 heavy (non-hydrogen) atoms. The first-order valence-corrected chi connectivity index (χ1v) is 12.1. The number of carboxylic acid groups (broad SMARTS) is 1. The maximum Gasteiger partial charge on any atom is 0.310 e. The Labute approximate surface area is 156 Å². The van der Waals surface area contributed by atoms with Gasteiger partial charge in [0.1, 0.15) is 0 Å². The van der Waals surface area contributed by atoms with Gasteiger partial charge in [0.25, 0.3) is 0 Å². The van der Waals surface area contributed by atoms with Crippen LogP contribution in [0.5, 0.6) is 0 Å². The van der Waals surface area contributed by atoms with Crippen molar-refractivity contribution in [1.29, 1.82) is 0 Å². The van der Waals surface area contributed by atoms with Gasteiger partial charge in [0, 0.05) is 0 Å². The first kappa shape index (κ1) is 18.1. The summed E-state index contributed by atoms with van der Waals surface area (Å²) in [4.78, 5) is 12.0. The zero-order valence-corrected chi connectivity index (χ0v) is 16.2. The molecule has 1 N–H and O–H groups in total. The van der Waals surface area contributed by atoms with Crippen molar-refractivity contribution in [3.8, 4) is 11.1 Å². The van der Waals surface area contributed by atoms with Gasteiger partial charge in [-0.15, -0.1) is 0 Å². The standard InChI is InChI=1S/C23H24O2Si/c1-26(2,21-11-7-4-8-12-21)17-22(23(24)25)20-15-13-19(14-16-20)18-9-5-3-6-10-18/h3-16,22H,17H2,1-2H3,(H,24,25). The van der Waals surface area contributed by atoms with E-state index in [0.717, 1.165) is 16.7 Å². The van der Waals surface area contributed by atoms with Gasteiger partial charge in [0.05, 0.1) is 14.0 Å². The molecule has 0 aromatic heterocycles. The fourth-order valence-corrected chi connectivity index (χ4v) is 6.17. The average Bonchev–Trinajstić information content (AvgIpc) is 2.67. The normalized spacial score (nSPS) is 12.5. The molecule has 0 bridgehead atoms. The van der Waals surface area contributed by atoms with Crippen LogP contribution in [0.3, 0.4) is 0 Å². The summed E-state index contributed by atoms with van der Waals surface area (Å²) in [6.07, 6.45) is 0. The first-order chi connectivity index (χ1) is 12.5. The van der Waals surface area contributed by atoms with E-state index in [0.29, 0.717) is 6.04 Å². The highest BCUT2D eigenvalue weighted by atomic mass is 28.3. The lowest BCUT2D eigenvalue weighted by Crippen LogP contribution is -2.43. The lowest BCUT2D eigenvalue weighted by atomic mass is 9.97. The van der Waals surface area contributed by atoms with Crippen LogP contribution in [0.15, 0.2) is 84.9 Å². The minimum atomic E-state index is -1.85. The van der Waals surface area contributed by atoms with Gasteiger partial charge in [0.15, 0.2) is 0 Å². The molecule has 1 atom stereocenters. The van der Waals surface area contributed by atoms with E-state index in [1.807, 2.05) is 60.7 Å². The van der Waals surface area contributed by atoms with E-state index in [1.165, 1.54) is 5.19 Å². The minimum absolute atomic E-state index is 0.471. The average molecular weight is 361 g/mol. The highest BCUT2D eigenvalue weighted by Crippen LogP contribution is 2.29. The summed E-state index contributed by atoms with van der Waals surface area (Å²) in [5.74, 6) is -1.21. The monoisotopic (exact) mass is 360 g/mol. The van der Waals surface area contributed by atoms with Gasteiger partial charge in [-0.25, -0.2) is 0 Å². The van der Waals surface area contributed by atoms with Gasteiger partial charge in [0.2, 0.25) is 0 Å². The van der Waals surface area contributed by atoms with E-state index in [2.05, 4.69) is 37.4 Å². The summed E-state index contributed by atoms with van der Waals surface area (Å²) in [7, 11) is -1.85. The number of benzene rings is 3. The first-order valence-electron chi connectivity index (χ1n) is 8.91. The molecule has 0 aliphatic carbocycles. The van der Waals surface area contributed by atoms with Crippen LogP contribution in [0.1, 0.15) is 11.5 Å². The van der Waals surface area contributed by atoms with Crippen LogP contribution in [0.25, 0.3) is 11.1 Å². The van der Waals surface area contributed by atoms with Crippen LogP contribution in [0, 0.1) is 0 Å². The summed E-state index contributed by atoms with van der Waals surface area (Å²) >= 11 is 0. The number of rotatable bonds is 6. The van der Waals surface area contributed by atoms with Crippen molar-refractivity contribution < 1.29 is 9.90 Å². The molecule has 0 saturated carbocycles. The SMILES string of the molecule is C[Si](C)(CC(C(=O)O)c1ccc(-c2ccccc2)cc1)c1ccccc1. The summed E-state index contributed by atoms with van der Waals surface area (Å²) in [6.45, 7) is 4.49. The molecule has 3 aromatic carbocycles.